The van der Waals surface area contributed by atoms with Crippen molar-refractivity contribution < 1.29 is 0 Å². The van der Waals surface area contributed by atoms with E-state index < -0.39 is 0 Å². The summed E-state index contributed by atoms with van der Waals surface area (Å²) < 4.78 is 0.574. The summed E-state index contributed by atoms with van der Waals surface area (Å²) in [7, 11) is 0. The van der Waals surface area contributed by atoms with E-state index in [4.69, 9.17) is 12.2 Å². The summed E-state index contributed by atoms with van der Waals surface area (Å²) >= 11 is 6.81. The minimum atomic E-state index is 0.574. The molecule has 0 bridgehead atoms. The number of rotatable bonds is 2. The van der Waals surface area contributed by atoms with E-state index in [2.05, 4.69) is 26.8 Å². The molecule has 0 aliphatic carbocycles. The van der Waals surface area contributed by atoms with Crippen LogP contribution in [0.15, 0.2) is 11.7 Å². The predicted octanol–water partition coefficient (Wildman–Crippen LogP) is 2.46. The van der Waals surface area contributed by atoms with Crippen LogP contribution in [0.4, 0.5) is 0 Å². The average molecular weight is 278 g/mol. The highest BCUT2D eigenvalue weighted by Crippen LogP contribution is 2.20. The van der Waals surface area contributed by atoms with Gasteiger partial charge in [-0.3, -0.25) is 4.90 Å². The van der Waals surface area contributed by atoms with Crippen molar-refractivity contribution in [1.29, 1.82) is 0 Å². The number of aryl methyl sites for hydroxylation is 1. The van der Waals surface area contributed by atoms with Crippen LogP contribution in [0.25, 0.3) is 0 Å². The highest BCUT2D eigenvalue weighted by Gasteiger charge is 2.18. The van der Waals surface area contributed by atoms with Crippen molar-refractivity contribution in [3.05, 3.63) is 38.3 Å². The van der Waals surface area contributed by atoms with Gasteiger partial charge in [-0.1, -0.05) is 0 Å². The molecule has 0 unspecified atom stereocenters. The zero-order valence-electron chi connectivity index (χ0n) is 10.1. The third kappa shape index (κ3) is 2.36. The Morgan fingerprint density at radius 1 is 1.50 bits per heavy atom. The molecule has 94 valence electrons. The Balaban J connectivity index is 1.78. The molecule has 0 atom stereocenters. The zero-order valence-corrected chi connectivity index (χ0v) is 11.8. The first-order valence-corrected chi connectivity index (χ1v) is 7.19. The Morgan fingerprint density at radius 2 is 2.39 bits per heavy atom. The van der Waals surface area contributed by atoms with Gasteiger partial charge in [0.15, 0.2) is 4.77 Å². The monoisotopic (exact) mass is 278 g/mol. The van der Waals surface area contributed by atoms with Crippen molar-refractivity contribution in [1.82, 2.24) is 19.9 Å². The first-order chi connectivity index (χ1) is 8.72. The number of aromatic amines is 1. The Kier molecular flexibility index (Phi) is 3.23. The quantitative estimate of drug-likeness (QED) is 0.857. The van der Waals surface area contributed by atoms with Gasteiger partial charge in [-0.2, -0.15) is 0 Å². The van der Waals surface area contributed by atoms with Crippen molar-refractivity contribution in [3.63, 3.8) is 0 Å². The molecule has 4 nitrogen and oxygen atoms in total. The predicted molar refractivity (Wildman–Crippen MR) is 74.1 cm³/mol. The fourth-order valence-electron chi connectivity index (χ4n) is 2.21. The highest BCUT2D eigenvalue weighted by atomic mass is 32.1. The van der Waals surface area contributed by atoms with E-state index >= 15 is 0 Å². The van der Waals surface area contributed by atoms with Crippen molar-refractivity contribution in [3.8, 4) is 0 Å². The van der Waals surface area contributed by atoms with Gasteiger partial charge in [0.05, 0.1) is 11.2 Å². The van der Waals surface area contributed by atoms with Crippen LogP contribution in [0, 0.1) is 11.7 Å². The molecule has 2 aromatic heterocycles. The first-order valence-electron chi connectivity index (χ1n) is 5.91. The SMILES string of the molecule is Cc1ncsc1CN1CCc2cnc(=S)[nH]c2C1. The van der Waals surface area contributed by atoms with Crippen LogP contribution >= 0.6 is 23.6 Å². The number of aromatic nitrogens is 3. The molecular weight excluding hydrogens is 264 g/mol. The van der Waals surface area contributed by atoms with Gasteiger partial charge < -0.3 is 4.98 Å². The van der Waals surface area contributed by atoms with Gasteiger partial charge in [-0.25, -0.2) is 9.97 Å². The van der Waals surface area contributed by atoms with Gasteiger partial charge in [0.2, 0.25) is 0 Å². The number of nitrogens with zero attached hydrogens (tertiary/aromatic N) is 3. The van der Waals surface area contributed by atoms with E-state index in [0.29, 0.717) is 4.77 Å². The number of thiazole rings is 1. The lowest BCUT2D eigenvalue weighted by atomic mass is 10.1. The molecule has 0 saturated heterocycles. The topological polar surface area (TPSA) is 44.8 Å². The van der Waals surface area contributed by atoms with Crippen LogP contribution in [-0.2, 0) is 19.5 Å². The molecule has 0 amide bonds. The van der Waals surface area contributed by atoms with Crippen LogP contribution < -0.4 is 0 Å². The van der Waals surface area contributed by atoms with Gasteiger partial charge >= 0.3 is 0 Å². The average Bonchev–Trinajstić information content (AvgIpc) is 2.74. The van der Waals surface area contributed by atoms with Crippen LogP contribution in [0.5, 0.6) is 0 Å². The largest absolute Gasteiger partial charge is 0.333 e. The molecule has 0 aromatic carbocycles. The summed E-state index contributed by atoms with van der Waals surface area (Å²) in [6, 6.07) is 0. The lowest BCUT2D eigenvalue weighted by Gasteiger charge is -2.27. The number of hydrogen-bond donors (Lipinski definition) is 1. The molecule has 0 saturated carbocycles. The van der Waals surface area contributed by atoms with E-state index in [1.54, 1.807) is 11.3 Å². The van der Waals surface area contributed by atoms with Crippen LogP contribution in [0.3, 0.4) is 0 Å². The van der Waals surface area contributed by atoms with Gasteiger partial charge in [-0.15, -0.1) is 11.3 Å². The maximum absolute atomic E-state index is 5.08. The summed E-state index contributed by atoms with van der Waals surface area (Å²) in [4.78, 5) is 15.4. The second-order valence-corrected chi connectivity index (χ2v) is 5.84. The molecule has 2 aromatic rings. The van der Waals surface area contributed by atoms with Gasteiger partial charge in [0.25, 0.3) is 0 Å². The van der Waals surface area contributed by atoms with E-state index in [9.17, 15) is 0 Å². The standard InChI is InChI=1S/C12H14N4S2/c1-8-11(18-7-14-8)6-16-3-2-9-4-13-12(17)15-10(9)5-16/h4,7H,2-3,5-6H2,1H3,(H,13,15,17). The van der Waals surface area contributed by atoms with Gasteiger partial charge in [-0.05, 0) is 31.1 Å². The maximum Gasteiger partial charge on any atom is 0.196 e. The van der Waals surface area contributed by atoms with E-state index in [0.717, 1.165) is 31.7 Å². The minimum absolute atomic E-state index is 0.574. The molecule has 0 spiro atoms. The number of hydrogen-bond acceptors (Lipinski definition) is 5. The van der Waals surface area contributed by atoms with Crippen molar-refractivity contribution in [2.45, 2.75) is 26.4 Å². The molecule has 1 N–H and O–H groups in total. The molecular formula is C12H14N4S2. The van der Waals surface area contributed by atoms with Crippen molar-refractivity contribution in [2.75, 3.05) is 6.54 Å². The molecule has 6 heteroatoms. The van der Waals surface area contributed by atoms with E-state index in [1.165, 1.54) is 16.1 Å². The second-order valence-electron chi connectivity index (χ2n) is 4.51. The van der Waals surface area contributed by atoms with Gasteiger partial charge in [0, 0.05) is 36.4 Å². The maximum atomic E-state index is 5.08. The summed E-state index contributed by atoms with van der Waals surface area (Å²) in [6.07, 6.45) is 2.94. The molecule has 1 aliphatic heterocycles. The van der Waals surface area contributed by atoms with E-state index in [1.807, 2.05) is 11.7 Å². The van der Waals surface area contributed by atoms with Crippen LogP contribution in [0.2, 0.25) is 0 Å². The molecule has 0 radical (unpaired) electrons. The van der Waals surface area contributed by atoms with Gasteiger partial charge in [0.1, 0.15) is 0 Å². The number of H-pyrrole nitrogens is 1. The highest BCUT2D eigenvalue weighted by molar-refractivity contribution is 7.71. The second kappa shape index (κ2) is 4.87. The molecule has 18 heavy (non-hydrogen) atoms. The molecule has 1 aliphatic rings. The van der Waals surface area contributed by atoms with Crippen molar-refractivity contribution in [2.24, 2.45) is 0 Å². The fraction of sp³-hybridized carbons (Fsp3) is 0.417. The minimum Gasteiger partial charge on any atom is -0.333 e. The van der Waals surface area contributed by atoms with Crippen LogP contribution in [0.1, 0.15) is 21.8 Å². The Hall–Kier alpha value is -1.11. The van der Waals surface area contributed by atoms with Crippen molar-refractivity contribution >= 4 is 23.6 Å². The van der Waals surface area contributed by atoms with Crippen LogP contribution in [-0.4, -0.2) is 26.4 Å². The molecule has 3 heterocycles. The zero-order chi connectivity index (χ0) is 12.5. The Labute approximate surface area is 115 Å². The lowest BCUT2D eigenvalue weighted by Crippen LogP contribution is -2.30. The number of nitrogens with one attached hydrogen (secondary N) is 1. The normalized spacial score (nSPS) is 15.6. The fourth-order valence-corrected chi connectivity index (χ4v) is 3.20. The summed E-state index contributed by atoms with van der Waals surface area (Å²) in [5, 5.41) is 0. The molecule has 3 rings (SSSR count). The first kappa shape index (κ1) is 12.0. The third-order valence-electron chi connectivity index (χ3n) is 3.27. The summed E-state index contributed by atoms with van der Waals surface area (Å²) in [5.74, 6) is 0. The van der Waals surface area contributed by atoms with E-state index in [-0.39, 0.29) is 0 Å². The molecule has 0 fully saturated rings. The summed E-state index contributed by atoms with van der Waals surface area (Å²) in [6.45, 7) is 5.02. The Morgan fingerprint density at radius 3 is 3.17 bits per heavy atom. The summed E-state index contributed by atoms with van der Waals surface area (Å²) in [5.41, 5.74) is 5.57. The smallest absolute Gasteiger partial charge is 0.196 e. The Bertz CT molecular complexity index is 617. The number of fused-ring (bicyclic) bond motifs is 1. The third-order valence-corrected chi connectivity index (χ3v) is 4.40. The lowest BCUT2D eigenvalue weighted by molar-refractivity contribution is 0.242.